The molecule has 96 valence electrons. The SMILES string of the molecule is O=C1CCC(NCc2ccc(Cl)c(Cl)c2)C(=O)N1. The van der Waals surface area contributed by atoms with Crippen LogP contribution < -0.4 is 10.6 Å². The number of hydrogen-bond acceptors (Lipinski definition) is 3. The van der Waals surface area contributed by atoms with Crippen molar-refractivity contribution in [1.29, 1.82) is 0 Å². The van der Waals surface area contributed by atoms with Crippen molar-refractivity contribution in [2.75, 3.05) is 0 Å². The van der Waals surface area contributed by atoms with E-state index in [0.717, 1.165) is 5.56 Å². The maximum atomic E-state index is 11.5. The number of amides is 2. The maximum absolute atomic E-state index is 11.5. The normalized spacial score (nSPS) is 19.8. The van der Waals surface area contributed by atoms with Gasteiger partial charge in [-0.2, -0.15) is 0 Å². The largest absolute Gasteiger partial charge is 0.302 e. The van der Waals surface area contributed by atoms with Crippen molar-refractivity contribution < 1.29 is 9.59 Å². The summed E-state index contributed by atoms with van der Waals surface area (Å²) in [6, 6.07) is 4.97. The summed E-state index contributed by atoms with van der Waals surface area (Å²) >= 11 is 11.7. The van der Waals surface area contributed by atoms with Gasteiger partial charge in [0.25, 0.3) is 0 Å². The number of carbonyl (C=O) groups is 2. The molecule has 1 fully saturated rings. The lowest BCUT2D eigenvalue weighted by Gasteiger charge is -2.21. The van der Waals surface area contributed by atoms with Crippen molar-refractivity contribution in [2.45, 2.75) is 25.4 Å². The Morgan fingerprint density at radius 3 is 2.72 bits per heavy atom. The van der Waals surface area contributed by atoms with Crippen LogP contribution in [0.5, 0.6) is 0 Å². The molecule has 0 bridgehead atoms. The lowest BCUT2D eigenvalue weighted by molar-refractivity contribution is -0.134. The fourth-order valence-electron chi connectivity index (χ4n) is 1.78. The minimum Gasteiger partial charge on any atom is -0.302 e. The molecule has 1 aliphatic rings. The van der Waals surface area contributed by atoms with Crippen molar-refractivity contribution in [1.82, 2.24) is 10.6 Å². The van der Waals surface area contributed by atoms with Gasteiger partial charge in [0.05, 0.1) is 16.1 Å². The zero-order valence-electron chi connectivity index (χ0n) is 9.50. The summed E-state index contributed by atoms with van der Waals surface area (Å²) in [6.45, 7) is 0.503. The number of benzene rings is 1. The van der Waals surface area contributed by atoms with Gasteiger partial charge in [-0.15, -0.1) is 0 Å². The summed E-state index contributed by atoms with van der Waals surface area (Å²) in [5.74, 6) is -0.487. The third-order valence-electron chi connectivity index (χ3n) is 2.78. The van der Waals surface area contributed by atoms with Crippen LogP contribution in [-0.2, 0) is 16.1 Å². The monoisotopic (exact) mass is 286 g/mol. The second-order valence-corrected chi connectivity index (χ2v) is 4.95. The van der Waals surface area contributed by atoms with Gasteiger partial charge in [-0.25, -0.2) is 0 Å². The van der Waals surface area contributed by atoms with Crippen molar-refractivity contribution in [2.24, 2.45) is 0 Å². The van der Waals surface area contributed by atoms with E-state index in [0.29, 0.717) is 29.4 Å². The van der Waals surface area contributed by atoms with Crippen LogP contribution in [0.1, 0.15) is 18.4 Å². The molecule has 4 nitrogen and oxygen atoms in total. The van der Waals surface area contributed by atoms with Crippen molar-refractivity contribution >= 4 is 35.0 Å². The van der Waals surface area contributed by atoms with Crippen LogP contribution >= 0.6 is 23.2 Å². The van der Waals surface area contributed by atoms with Crippen molar-refractivity contribution in [3.8, 4) is 0 Å². The van der Waals surface area contributed by atoms with Crippen molar-refractivity contribution in [3.63, 3.8) is 0 Å². The molecule has 0 aromatic heterocycles. The Hall–Kier alpha value is -1.10. The molecule has 2 N–H and O–H groups in total. The van der Waals surface area contributed by atoms with Gasteiger partial charge >= 0.3 is 0 Å². The van der Waals surface area contributed by atoms with Crippen LogP contribution in [0, 0.1) is 0 Å². The highest BCUT2D eigenvalue weighted by Gasteiger charge is 2.25. The number of halogens is 2. The Bertz CT molecular complexity index is 491. The van der Waals surface area contributed by atoms with Gasteiger partial charge in [-0.3, -0.25) is 14.9 Å². The first-order valence-corrected chi connectivity index (χ1v) is 6.33. The van der Waals surface area contributed by atoms with Crippen molar-refractivity contribution in [3.05, 3.63) is 33.8 Å². The third-order valence-corrected chi connectivity index (χ3v) is 3.51. The number of carbonyl (C=O) groups excluding carboxylic acids is 2. The van der Waals surface area contributed by atoms with E-state index in [1.807, 2.05) is 6.07 Å². The number of hydrogen-bond donors (Lipinski definition) is 2. The van der Waals surface area contributed by atoms with Crippen LogP contribution in [0.25, 0.3) is 0 Å². The first-order chi connectivity index (χ1) is 8.56. The average molecular weight is 287 g/mol. The first-order valence-electron chi connectivity index (χ1n) is 5.57. The third kappa shape index (κ3) is 3.22. The summed E-state index contributed by atoms with van der Waals surface area (Å²) in [6.07, 6.45) is 0.886. The molecular weight excluding hydrogens is 275 g/mol. The summed E-state index contributed by atoms with van der Waals surface area (Å²) < 4.78 is 0. The Kier molecular flexibility index (Phi) is 4.22. The van der Waals surface area contributed by atoms with Gasteiger partial charge in [-0.05, 0) is 24.1 Å². The van der Waals surface area contributed by atoms with Crippen LogP contribution in [0.15, 0.2) is 18.2 Å². The van der Waals surface area contributed by atoms with Crippen LogP contribution in [0.3, 0.4) is 0 Å². The number of rotatable bonds is 3. The van der Waals surface area contributed by atoms with E-state index in [-0.39, 0.29) is 17.9 Å². The zero-order valence-corrected chi connectivity index (χ0v) is 11.0. The number of piperidine rings is 1. The molecule has 1 aromatic carbocycles. The molecule has 0 saturated carbocycles. The quantitative estimate of drug-likeness (QED) is 0.835. The zero-order chi connectivity index (χ0) is 13.1. The second-order valence-electron chi connectivity index (χ2n) is 4.13. The van der Waals surface area contributed by atoms with Gasteiger partial charge in [0.1, 0.15) is 0 Å². The van der Waals surface area contributed by atoms with E-state index < -0.39 is 0 Å². The van der Waals surface area contributed by atoms with Crippen LogP contribution in [0.2, 0.25) is 10.0 Å². The summed E-state index contributed by atoms with van der Waals surface area (Å²) in [5.41, 5.74) is 0.939. The minimum absolute atomic E-state index is 0.215. The van der Waals surface area contributed by atoms with E-state index in [1.54, 1.807) is 12.1 Å². The Morgan fingerprint density at radius 1 is 1.28 bits per heavy atom. The van der Waals surface area contributed by atoms with Crippen LogP contribution in [0.4, 0.5) is 0 Å². The highest BCUT2D eigenvalue weighted by atomic mass is 35.5. The molecule has 0 radical (unpaired) electrons. The van der Waals surface area contributed by atoms with E-state index in [9.17, 15) is 9.59 Å². The molecule has 1 saturated heterocycles. The standard InChI is InChI=1S/C12H12Cl2N2O2/c13-8-2-1-7(5-9(8)14)6-15-10-3-4-11(17)16-12(10)18/h1-2,5,10,15H,3-4,6H2,(H,16,17,18). The fraction of sp³-hybridized carbons (Fsp3) is 0.333. The molecule has 1 aromatic rings. The first kappa shape index (κ1) is 13.3. The Morgan fingerprint density at radius 2 is 2.06 bits per heavy atom. The van der Waals surface area contributed by atoms with E-state index in [2.05, 4.69) is 10.6 Å². The van der Waals surface area contributed by atoms with E-state index >= 15 is 0 Å². The predicted molar refractivity (Wildman–Crippen MR) is 69.5 cm³/mol. The molecule has 1 heterocycles. The summed E-state index contributed by atoms with van der Waals surface area (Å²) in [5, 5.41) is 6.37. The summed E-state index contributed by atoms with van der Waals surface area (Å²) in [4.78, 5) is 22.5. The lowest BCUT2D eigenvalue weighted by atomic mass is 10.1. The van der Waals surface area contributed by atoms with Gasteiger partial charge in [0.15, 0.2) is 0 Å². The molecule has 2 rings (SSSR count). The molecule has 0 aliphatic carbocycles. The maximum Gasteiger partial charge on any atom is 0.243 e. The lowest BCUT2D eigenvalue weighted by Crippen LogP contribution is -2.50. The van der Waals surface area contributed by atoms with E-state index in [4.69, 9.17) is 23.2 Å². The van der Waals surface area contributed by atoms with Gasteiger partial charge in [0.2, 0.25) is 11.8 Å². The number of imide groups is 1. The van der Waals surface area contributed by atoms with Gasteiger partial charge in [-0.1, -0.05) is 29.3 Å². The fourth-order valence-corrected chi connectivity index (χ4v) is 2.10. The summed E-state index contributed by atoms with van der Waals surface area (Å²) in [7, 11) is 0. The van der Waals surface area contributed by atoms with Crippen LogP contribution in [-0.4, -0.2) is 17.9 Å². The van der Waals surface area contributed by atoms with Gasteiger partial charge in [0, 0.05) is 13.0 Å². The highest BCUT2D eigenvalue weighted by Crippen LogP contribution is 2.22. The Balaban J connectivity index is 1.93. The molecule has 1 aliphatic heterocycles. The highest BCUT2D eigenvalue weighted by molar-refractivity contribution is 6.42. The smallest absolute Gasteiger partial charge is 0.243 e. The molecule has 6 heteroatoms. The Labute approximate surface area is 115 Å². The molecular formula is C12H12Cl2N2O2. The molecule has 0 spiro atoms. The van der Waals surface area contributed by atoms with Gasteiger partial charge < -0.3 is 5.32 Å². The molecule has 1 unspecified atom stereocenters. The average Bonchev–Trinajstić information content (AvgIpc) is 2.32. The second kappa shape index (κ2) is 5.69. The predicted octanol–water partition coefficient (Wildman–Crippen LogP) is 1.89. The molecule has 2 amide bonds. The molecule has 18 heavy (non-hydrogen) atoms. The minimum atomic E-state index is -0.336. The van der Waals surface area contributed by atoms with E-state index in [1.165, 1.54) is 0 Å². The molecule has 1 atom stereocenters. The topological polar surface area (TPSA) is 58.2 Å². The number of nitrogens with one attached hydrogen (secondary N) is 2.